The second-order valence-corrected chi connectivity index (χ2v) is 4.21. The lowest BCUT2D eigenvalue weighted by Crippen LogP contribution is -2.15. The van der Waals surface area contributed by atoms with Crippen LogP contribution < -0.4 is 10.1 Å². The van der Waals surface area contributed by atoms with E-state index >= 15 is 0 Å². The minimum absolute atomic E-state index is 0.718. The second kappa shape index (κ2) is 6.56. The van der Waals surface area contributed by atoms with E-state index in [-0.39, 0.29) is 0 Å². The summed E-state index contributed by atoms with van der Waals surface area (Å²) in [6.07, 6.45) is 0.979. The van der Waals surface area contributed by atoms with Gasteiger partial charge < -0.3 is 10.1 Å². The largest absolute Gasteiger partial charge is 0.496 e. The zero-order chi connectivity index (χ0) is 12.0. The van der Waals surface area contributed by atoms with Crippen LogP contribution in [0.2, 0.25) is 5.02 Å². The predicted molar refractivity (Wildman–Crippen MR) is 69.1 cm³/mol. The van der Waals surface area contributed by atoms with Gasteiger partial charge in [-0.1, -0.05) is 23.2 Å². The summed E-state index contributed by atoms with van der Waals surface area (Å²) < 4.78 is 5.26. The Balaban J connectivity index is 2.55. The quantitative estimate of drug-likeness (QED) is 0.607. The second-order valence-electron chi connectivity index (χ2n) is 3.80. The van der Waals surface area contributed by atoms with Crippen molar-refractivity contribution in [2.75, 3.05) is 13.7 Å². The highest BCUT2D eigenvalue weighted by Gasteiger charge is 2.06. The van der Waals surface area contributed by atoms with Gasteiger partial charge >= 0.3 is 0 Å². The van der Waals surface area contributed by atoms with Gasteiger partial charge in [0, 0.05) is 17.1 Å². The molecule has 88 valence electrons. The van der Waals surface area contributed by atoms with Crippen molar-refractivity contribution in [3.63, 3.8) is 0 Å². The number of ether oxygens (including phenoxy) is 1. The van der Waals surface area contributed by atoms with Crippen molar-refractivity contribution in [1.82, 2.24) is 5.32 Å². The monoisotopic (exact) mass is 239 g/mol. The van der Waals surface area contributed by atoms with Gasteiger partial charge in [0.2, 0.25) is 0 Å². The Hall–Kier alpha value is -0.990. The third-order valence-electron chi connectivity index (χ3n) is 2.33. The SMILES string of the molecule is C=C(C)CCNCc1c(Cl)cccc1OC. The molecule has 0 radical (unpaired) electrons. The fourth-order valence-electron chi connectivity index (χ4n) is 1.42. The fraction of sp³-hybridized carbons (Fsp3) is 0.385. The van der Waals surface area contributed by atoms with Crippen molar-refractivity contribution in [3.05, 3.63) is 40.9 Å². The molecule has 1 aromatic carbocycles. The molecule has 0 aliphatic heterocycles. The minimum Gasteiger partial charge on any atom is -0.496 e. The molecule has 0 heterocycles. The molecule has 0 aromatic heterocycles. The predicted octanol–water partition coefficient (Wildman–Crippen LogP) is 3.40. The first-order valence-electron chi connectivity index (χ1n) is 5.31. The van der Waals surface area contributed by atoms with Gasteiger partial charge in [0.1, 0.15) is 5.75 Å². The third-order valence-corrected chi connectivity index (χ3v) is 2.68. The molecule has 0 amide bonds. The van der Waals surface area contributed by atoms with Crippen LogP contribution in [0.4, 0.5) is 0 Å². The number of benzene rings is 1. The molecule has 0 aliphatic carbocycles. The van der Waals surface area contributed by atoms with Crippen LogP contribution in [-0.2, 0) is 6.54 Å². The molecule has 1 rings (SSSR count). The Labute approximate surface area is 102 Å². The summed E-state index contributed by atoms with van der Waals surface area (Å²) in [5.41, 5.74) is 2.19. The Morgan fingerprint density at radius 2 is 2.25 bits per heavy atom. The van der Waals surface area contributed by atoms with E-state index in [9.17, 15) is 0 Å². The normalized spacial score (nSPS) is 10.2. The van der Waals surface area contributed by atoms with Crippen LogP contribution >= 0.6 is 11.6 Å². The van der Waals surface area contributed by atoms with E-state index in [2.05, 4.69) is 11.9 Å². The third kappa shape index (κ3) is 3.87. The van der Waals surface area contributed by atoms with Crippen molar-refractivity contribution in [2.24, 2.45) is 0 Å². The maximum Gasteiger partial charge on any atom is 0.124 e. The molecular weight excluding hydrogens is 222 g/mol. The van der Waals surface area contributed by atoms with Crippen LogP contribution in [0.15, 0.2) is 30.4 Å². The lowest BCUT2D eigenvalue weighted by atomic mass is 10.2. The summed E-state index contributed by atoms with van der Waals surface area (Å²) >= 11 is 6.11. The highest BCUT2D eigenvalue weighted by Crippen LogP contribution is 2.25. The van der Waals surface area contributed by atoms with E-state index in [0.717, 1.165) is 35.8 Å². The first kappa shape index (κ1) is 13.1. The zero-order valence-electron chi connectivity index (χ0n) is 9.85. The van der Waals surface area contributed by atoms with Gasteiger partial charge in [-0.25, -0.2) is 0 Å². The van der Waals surface area contributed by atoms with Crippen LogP contribution in [0.1, 0.15) is 18.9 Å². The standard InChI is InChI=1S/C13H18ClNO/c1-10(2)7-8-15-9-11-12(14)5-4-6-13(11)16-3/h4-6,15H,1,7-9H2,2-3H3. The van der Waals surface area contributed by atoms with Gasteiger partial charge in [0.15, 0.2) is 0 Å². The number of hydrogen-bond acceptors (Lipinski definition) is 2. The highest BCUT2D eigenvalue weighted by atomic mass is 35.5. The topological polar surface area (TPSA) is 21.3 Å². The van der Waals surface area contributed by atoms with E-state index in [0.29, 0.717) is 0 Å². The number of rotatable bonds is 6. The van der Waals surface area contributed by atoms with E-state index in [1.165, 1.54) is 5.57 Å². The van der Waals surface area contributed by atoms with Gasteiger partial charge in [0.05, 0.1) is 7.11 Å². The number of halogens is 1. The summed E-state index contributed by atoms with van der Waals surface area (Å²) in [5.74, 6) is 0.829. The molecule has 16 heavy (non-hydrogen) atoms. The van der Waals surface area contributed by atoms with Crippen LogP contribution in [-0.4, -0.2) is 13.7 Å². The van der Waals surface area contributed by atoms with Crippen molar-refractivity contribution >= 4 is 11.6 Å². The highest BCUT2D eigenvalue weighted by molar-refractivity contribution is 6.31. The molecule has 0 unspecified atom stereocenters. The summed E-state index contributed by atoms with van der Waals surface area (Å²) in [4.78, 5) is 0. The van der Waals surface area contributed by atoms with Crippen LogP contribution in [0, 0.1) is 0 Å². The Morgan fingerprint density at radius 1 is 1.50 bits per heavy atom. The van der Waals surface area contributed by atoms with E-state index in [1.54, 1.807) is 7.11 Å². The maximum absolute atomic E-state index is 6.11. The summed E-state index contributed by atoms with van der Waals surface area (Å²) in [5, 5.41) is 4.06. The van der Waals surface area contributed by atoms with Gasteiger partial charge in [-0.15, -0.1) is 6.58 Å². The van der Waals surface area contributed by atoms with Crippen molar-refractivity contribution in [1.29, 1.82) is 0 Å². The first-order valence-corrected chi connectivity index (χ1v) is 5.69. The number of methoxy groups -OCH3 is 1. The average Bonchev–Trinajstić information content (AvgIpc) is 2.25. The molecule has 2 nitrogen and oxygen atoms in total. The molecular formula is C13H18ClNO. The maximum atomic E-state index is 6.11. The summed E-state index contributed by atoms with van der Waals surface area (Å²) in [7, 11) is 1.66. The zero-order valence-corrected chi connectivity index (χ0v) is 10.6. The van der Waals surface area contributed by atoms with Crippen molar-refractivity contribution < 1.29 is 4.74 Å². The summed E-state index contributed by atoms with van der Waals surface area (Å²) in [6, 6.07) is 5.68. The number of hydrogen-bond donors (Lipinski definition) is 1. The van der Waals surface area contributed by atoms with Gasteiger partial charge in [-0.05, 0) is 32.0 Å². The molecule has 0 bridgehead atoms. The molecule has 0 spiro atoms. The lowest BCUT2D eigenvalue weighted by Gasteiger charge is -2.11. The Morgan fingerprint density at radius 3 is 2.88 bits per heavy atom. The molecule has 0 fully saturated rings. The van der Waals surface area contributed by atoms with Crippen molar-refractivity contribution in [3.8, 4) is 5.75 Å². The molecule has 0 atom stereocenters. The molecule has 1 aromatic rings. The molecule has 0 saturated heterocycles. The van der Waals surface area contributed by atoms with Crippen molar-refractivity contribution in [2.45, 2.75) is 19.9 Å². The van der Waals surface area contributed by atoms with Crippen LogP contribution in [0.25, 0.3) is 0 Å². The molecule has 0 saturated carbocycles. The molecule has 3 heteroatoms. The first-order chi connectivity index (χ1) is 7.65. The van der Waals surface area contributed by atoms with Crippen LogP contribution in [0.3, 0.4) is 0 Å². The van der Waals surface area contributed by atoms with Gasteiger partial charge in [-0.2, -0.15) is 0 Å². The van der Waals surface area contributed by atoms with E-state index in [4.69, 9.17) is 16.3 Å². The smallest absolute Gasteiger partial charge is 0.124 e. The Bertz CT molecular complexity index is 363. The fourth-order valence-corrected chi connectivity index (χ4v) is 1.65. The summed E-state index contributed by atoms with van der Waals surface area (Å²) in [6.45, 7) is 7.51. The van der Waals surface area contributed by atoms with E-state index < -0.39 is 0 Å². The average molecular weight is 240 g/mol. The number of nitrogens with one attached hydrogen (secondary N) is 1. The molecule has 1 N–H and O–H groups in total. The lowest BCUT2D eigenvalue weighted by molar-refractivity contribution is 0.408. The Kier molecular flexibility index (Phi) is 5.36. The van der Waals surface area contributed by atoms with Gasteiger partial charge in [0.25, 0.3) is 0 Å². The minimum atomic E-state index is 0.718. The molecule has 0 aliphatic rings. The van der Waals surface area contributed by atoms with Gasteiger partial charge in [-0.3, -0.25) is 0 Å². The van der Waals surface area contributed by atoms with E-state index in [1.807, 2.05) is 25.1 Å². The van der Waals surface area contributed by atoms with Crippen LogP contribution in [0.5, 0.6) is 5.75 Å².